The van der Waals surface area contributed by atoms with E-state index >= 15 is 0 Å². The van der Waals surface area contributed by atoms with Crippen molar-refractivity contribution in [3.8, 4) is 0 Å². The van der Waals surface area contributed by atoms with E-state index in [1.54, 1.807) is 7.05 Å². The fraction of sp³-hybridized carbons (Fsp3) is 0.696. The summed E-state index contributed by atoms with van der Waals surface area (Å²) in [5, 5.41) is 20.3. The van der Waals surface area contributed by atoms with Gasteiger partial charge in [0.1, 0.15) is 0 Å². The summed E-state index contributed by atoms with van der Waals surface area (Å²) >= 11 is 0. The molecule has 0 saturated carbocycles. The summed E-state index contributed by atoms with van der Waals surface area (Å²) < 4.78 is 11.2. The highest BCUT2D eigenvalue weighted by molar-refractivity contribution is 5.79. The van der Waals surface area contributed by atoms with E-state index in [0.29, 0.717) is 6.61 Å². The Kier molecular flexibility index (Phi) is 8.50. The molecule has 2 unspecified atom stereocenters. The van der Waals surface area contributed by atoms with E-state index < -0.39 is 0 Å². The first-order valence-electron chi connectivity index (χ1n) is 11.1. The van der Waals surface area contributed by atoms with Gasteiger partial charge in [-0.25, -0.2) is 0 Å². The van der Waals surface area contributed by atoms with Gasteiger partial charge >= 0.3 is 0 Å². The van der Waals surface area contributed by atoms with Crippen molar-refractivity contribution in [1.82, 2.24) is 16.0 Å². The summed E-state index contributed by atoms with van der Waals surface area (Å²) in [6.45, 7) is 6.90. The lowest BCUT2D eigenvalue weighted by atomic mass is 9.84. The minimum atomic E-state index is -0.0512. The Hall–Kier alpha value is -1.67. The number of guanidine groups is 1. The molecule has 2 aliphatic heterocycles. The van der Waals surface area contributed by atoms with E-state index in [9.17, 15) is 5.11 Å². The van der Waals surface area contributed by atoms with E-state index in [-0.39, 0.29) is 23.6 Å². The fourth-order valence-corrected chi connectivity index (χ4v) is 4.48. The van der Waals surface area contributed by atoms with Gasteiger partial charge in [-0.3, -0.25) is 4.99 Å². The number of aliphatic hydroxyl groups is 1. The van der Waals surface area contributed by atoms with E-state index in [2.05, 4.69) is 58.2 Å². The third kappa shape index (κ3) is 6.17. The second-order valence-corrected chi connectivity index (χ2v) is 8.72. The Labute approximate surface area is 180 Å². The molecule has 0 bridgehead atoms. The molecular weight excluding hydrogens is 380 g/mol. The Morgan fingerprint density at radius 3 is 2.40 bits per heavy atom. The first-order valence-corrected chi connectivity index (χ1v) is 11.1. The Morgan fingerprint density at radius 1 is 1.07 bits per heavy atom. The number of aliphatic imine (C=N–C) groups is 1. The van der Waals surface area contributed by atoms with Crippen molar-refractivity contribution in [1.29, 1.82) is 0 Å². The lowest BCUT2D eigenvalue weighted by Gasteiger charge is -2.41. The second kappa shape index (κ2) is 11.1. The van der Waals surface area contributed by atoms with Crippen LogP contribution in [0.4, 0.5) is 0 Å². The van der Waals surface area contributed by atoms with Gasteiger partial charge in [-0.15, -0.1) is 0 Å². The molecule has 1 aromatic rings. The molecule has 7 heteroatoms. The number of benzene rings is 1. The molecule has 7 nitrogen and oxygen atoms in total. The maximum atomic E-state index is 9.45. The van der Waals surface area contributed by atoms with Gasteiger partial charge in [0.25, 0.3) is 0 Å². The van der Waals surface area contributed by atoms with Crippen LogP contribution in [0, 0.1) is 5.41 Å². The summed E-state index contributed by atoms with van der Waals surface area (Å²) in [6.07, 6.45) is 3.62. The SMILES string of the molecule is CN=C(NCC1(CCO)CCOC1)NCC1(NC(C)c2ccccc2)CCOCC1. The highest BCUT2D eigenvalue weighted by Crippen LogP contribution is 2.31. The van der Waals surface area contributed by atoms with Gasteiger partial charge in [0.15, 0.2) is 5.96 Å². The molecule has 4 N–H and O–H groups in total. The minimum absolute atomic E-state index is 0.0111. The van der Waals surface area contributed by atoms with Crippen molar-refractivity contribution in [2.45, 2.75) is 44.2 Å². The van der Waals surface area contributed by atoms with Crippen molar-refractivity contribution < 1.29 is 14.6 Å². The molecule has 0 aromatic heterocycles. The number of nitrogens with zero attached hydrogens (tertiary/aromatic N) is 1. The van der Waals surface area contributed by atoms with Gasteiger partial charge in [-0.05, 0) is 38.2 Å². The van der Waals surface area contributed by atoms with E-state index in [1.165, 1.54) is 5.56 Å². The fourth-order valence-electron chi connectivity index (χ4n) is 4.48. The monoisotopic (exact) mass is 418 g/mol. The van der Waals surface area contributed by atoms with Crippen LogP contribution in [0.5, 0.6) is 0 Å². The topological polar surface area (TPSA) is 87.1 Å². The van der Waals surface area contributed by atoms with Crippen LogP contribution < -0.4 is 16.0 Å². The Morgan fingerprint density at radius 2 is 1.77 bits per heavy atom. The van der Waals surface area contributed by atoms with Crippen LogP contribution in [0.3, 0.4) is 0 Å². The maximum Gasteiger partial charge on any atom is 0.191 e. The molecule has 0 amide bonds. The summed E-state index contributed by atoms with van der Waals surface area (Å²) in [5.41, 5.74) is 1.23. The largest absolute Gasteiger partial charge is 0.396 e. The molecule has 2 atom stereocenters. The van der Waals surface area contributed by atoms with Gasteiger partial charge in [0, 0.05) is 63.6 Å². The van der Waals surface area contributed by atoms with Crippen LogP contribution in [0.25, 0.3) is 0 Å². The lowest BCUT2D eigenvalue weighted by molar-refractivity contribution is 0.0354. The van der Waals surface area contributed by atoms with Gasteiger partial charge in [-0.1, -0.05) is 30.3 Å². The van der Waals surface area contributed by atoms with Crippen LogP contribution in [0.1, 0.15) is 44.2 Å². The highest BCUT2D eigenvalue weighted by Gasteiger charge is 2.36. The van der Waals surface area contributed by atoms with Crippen LogP contribution in [0.2, 0.25) is 0 Å². The molecule has 2 saturated heterocycles. The maximum absolute atomic E-state index is 9.45. The lowest BCUT2D eigenvalue weighted by Crippen LogP contribution is -2.58. The molecule has 3 rings (SSSR count). The zero-order valence-corrected chi connectivity index (χ0v) is 18.5. The van der Waals surface area contributed by atoms with Crippen molar-refractivity contribution in [3.05, 3.63) is 35.9 Å². The van der Waals surface area contributed by atoms with E-state index in [0.717, 1.165) is 64.6 Å². The average molecular weight is 419 g/mol. The van der Waals surface area contributed by atoms with Gasteiger partial charge in [0.2, 0.25) is 0 Å². The molecule has 1 aromatic carbocycles. The van der Waals surface area contributed by atoms with Crippen LogP contribution in [-0.4, -0.2) is 69.8 Å². The minimum Gasteiger partial charge on any atom is -0.396 e. The quantitative estimate of drug-likeness (QED) is 0.362. The Balaban J connectivity index is 1.58. The highest BCUT2D eigenvalue weighted by atomic mass is 16.5. The second-order valence-electron chi connectivity index (χ2n) is 8.72. The third-order valence-corrected chi connectivity index (χ3v) is 6.55. The Bertz CT molecular complexity index is 656. The molecule has 168 valence electrons. The van der Waals surface area contributed by atoms with Crippen LogP contribution in [-0.2, 0) is 9.47 Å². The molecule has 30 heavy (non-hydrogen) atoms. The van der Waals surface area contributed by atoms with Crippen LogP contribution in [0.15, 0.2) is 35.3 Å². The summed E-state index contributed by atoms with van der Waals surface area (Å²) in [7, 11) is 1.80. The van der Waals surface area contributed by atoms with Crippen molar-refractivity contribution in [2.75, 3.05) is 53.2 Å². The summed E-state index contributed by atoms with van der Waals surface area (Å²) in [5.74, 6) is 0.791. The molecular formula is C23H38N4O3. The first-order chi connectivity index (χ1) is 14.6. The number of ether oxygens (including phenoxy) is 2. The zero-order valence-electron chi connectivity index (χ0n) is 18.5. The number of nitrogens with one attached hydrogen (secondary N) is 3. The normalized spacial score (nSPS) is 25.1. The van der Waals surface area contributed by atoms with Gasteiger partial charge in [0.05, 0.1) is 6.61 Å². The zero-order chi connectivity index (χ0) is 21.3. The van der Waals surface area contributed by atoms with Crippen molar-refractivity contribution in [2.24, 2.45) is 10.4 Å². The van der Waals surface area contributed by atoms with Crippen molar-refractivity contribution >= 4 is 5.96 Å². The predicted molar refractivity (Wildman–Crippen MR) is 120 cm³/mol. The first kappa shape index (κ1) is 23.0. The molecule has 2 fully saturated rings. The smallest absolute Gasteiger partial charge is 0.191 e. The van der Waals surface area contributed by atoms with Gasteiger partial charge < -0.3 is 30.5 Å². The number of aliphatic hydroxyl groups excluding tert-OH is 1. The molecule has 0 aliphatic carbocycles. The van der Waals surface area contributed by atoms with Crippen LogP contribution >= 0.6 is 0 Å². The number of hydrogen-bond acceptors (Lipinski definition) is 5. The average Bonchev–Trinajstić information content (AvgIpc) is 3.24. The van der Waals surface area contributed by atoms with Crippen molar-refractivity contribution in [3.63, 3.8) is 0 Å². The van der Waals surface area contributed by atoms with E-state index in [4.69, 9.17) is 9.47 Å². The molecule has 2 heterocycles. The standard InChI is InChI=1S/C23H38N4O3/c1-19(20-6-4-3-5-7-20)27-23(10-14-29-15-11-23)17-26-21(24-2)25-16-22(8-12-28)9-13-30-18-22/h3-7,19,27-28H,8-18H2,1-2H3,(H2,24,25,26). The predicted octanol–water partition coefficient (Wildman–Crippen LogP) is 1.84. The number of rotatable bonds is 9. The molecule has 2 aliphatic rings. The third-order valence-electron chi connectivity index (χ3n) is 6.55. The summed E-state index contributed by atoms with van der Waals surface area (Å²) in [4.78, 5) is 4.43. The molecule has 0 spiro atoms. The van der Waals surface area contributed by atoms with Gasteiger partial charge in [-0.2, -0.15) is 0 Å². The summed E-state index contributed by atoms with van der Waals surface area (Å²) in [6, 6.07) is 10.8. The molecule has 0 radical (unpaired) electrons. The van der Waals surface area contributed by atoms with E-state index in [1.807, 2.05) is 0 Å². The number of hydrogen-bond donors (Lipinski definition) is 4.